The van der Waals surface area contributed by atoms with Gasteiger partial charge in [0.05, 0.1) is 31.3 Å². The molecule has 0 amide bonds. The molecular weight excluding hydrogens is 294 g/mol. The summed E-state index contributed by atoms with van der Waals surface area (Å²) in [6.07, 6.45) is 4.34. The lowest BCUT2D eigenvalue weighted by molar-refractivity contribution is 0.123. The van der Waals surface area contributed by atoms with Crippen molar-refractivity contribution in [2.45, 2.75) is 38.0 Å². The van der Waals surface area contributed by atoms with Gasteiger partial charge in [-0.15, -0.1) is 0 Å². The van der Waals surface area contributed by atoms with E-state index in [0.717, 1.165) is 12.8 Å². The zero-order chi connectivity index (χ0) is 15.5. The molecule has 1 aromatic heterocycles. The van der Waals surface area contributed by atoms with E-state index < -0.39 is 15.3 Å². The third kappa shape index (κ3) is 3.82. The van der Waals surface area contributed by atoms with Crippen molar-refractivity contribution in [3.8, 4) is 11.8 Å². The number of aromatic nitrogens is 2. The molecule has 0 N–H and O–H groups in total. The van der Waals surface area contributed by atoms with Gasteiger partial charge in [0, 0.05) is 6.54 Å². The summed E-state index contributed by atoms with van der Waals surface area (Å²) in [7, 11) is -1.74. The number of rotatable bonds is 5. The fourth-order valence-electron chi connectivity index (χ4n) is 2.19. The molecule has 0 aromatic carbocycles. The van der Waals surface area contributed by atoms with E-state index >= 15 is 0 Å². The maximum atomic E-state index is 12.2. The number of hydrogen-bond donors (Lipinski definition) is 0. The van der Waals surface area contributed by atoms with E-state index in [1.165, 1.54) is 23.8 Å². The molecule has 1 fully saturated rings. The number of sulfonamides is 1. The first-order valence-corrected chi connectivity index (χ1v) is 8.45. The molecule has 0 bridgehead atoms. The molecular formula is C13H21N3O4S. The van der Waals surface area contributed by atoms with Gasteiger partial charge in [-0.25, -0.2) is 8.42 Å². The Morgan fingerprint density at radius 1 is 1.33 bits per heavy atom. The quantitative estimate of drug-likeness (QED) is 0.808. The zero-order valence-electron chi connectivity index (χ0n) is 12.5. The number of piperidine rings is 1. The smallest absolute Gasteiger partial charge is 0.235 e. The first kappa shape index (κ1) is 16.0. The Bertz CT molecular complexity index is 577. The van der Waals surface area contributed by atoms with Crippen LogP contribution in [0.25, 0.3) is 0 Å². The van der Waals surface area contributed by atoms with Crippen LogP contribution < -0.4 is 9.47 Å². The Labute approximate surface area is 125 Å². The predicted octanol–water partition coefficient (Wildman–Crippen LogP) is 1.07. The first-order valence-electron chi connectivity index (χ1n) is 6.95. The lowest BCUT2D eigenvalue weighted by Gasteiger charge is -2.32. The van der Waals surface area contributed by atoms with Gasteiger partial charge in [0.1, 0.15) is 6.10 Å². The van der Waals surface area contributed by atoms with Crippen LogP contribution in [0.1, 0.15) is 26.7 Å². The monoisotopic (exact) mass is 315 g/mol. The van der Waals surface area contributed by atoms with Crippen LogP contribution in [0.4, 0.5) is 0 Å². The van der Waals surface area contributed by atoms with Crippen molar-refractivity contribution in [1.29, 1.82) is 0 Å². The van der Waals surface area contributed by atoms with Crippen LogP contribution in [0.15, 0.2) is 12.4 Å². The summed E-state index contributed by atoms with van der Waals surface area (Å²) >= 11 is 0. The lowest BCUT2D eigenvalue weighted by Crippen LogP contribution is -2.46. The third-order valence-corrected chi connectivity index (χ3v) is 5.63. The normalized spacial score (nSPS) is 20.5. The van der Waals surface area contributed by atoms with Crippen molar-refractivity contribution < 1.29 is 17.9 Å². The highest BCUT2D eigenvalue weighted by atomic mass is 32.2. The van der Waals surface area contributed by atoms with Gasteiger partial charge in [-0.3, -0.25) is 4.98 Å². The van der Waals surface area contributed by atoms with Crippen molar-refractivity contribution in [3.63, 3.8) is 0 Å². The summed E-state index contributed by atoms with van der Waals surface area (Å²) in [5.74, 6) is 0.720. The minimum absolute atomic E-state index is 0.214. The summed E-state index contributed by atoms with van der Waals surface area (Å²) in [6, 6.07) is 0. The lowest BCUT2D eigenvalue weighted by atomic mass is 10.1. The van der Waals surface area contributed by atoms with Crippen LogP contribution in [-0.4, -0.2) is 54.2 Å². The van der Waals surface area contributed by atoms with Crippen LogP contribution in [0.3, 0.4) is 0 Å². The summed E-state index contributed by atoms with van der Waals surface area (Å²) in [4.78, 5) is 8.11. The summed E-state index contributed by atoms with van der Waals surface area (Å²) in [6.45, 7) is 4.27. The number of ether oxygens (including phenoxy) is 2. The van der Waals surface area contributed by atoms with Gasteiger partial charge in [-0.05, 0) is 26.7 Å². The van der Waals surface area contributed by atoms with E-state index in [-0.39, 0.29) is 6.10 Å². The molecule has 21 heavy (non-hydrogen) atoms. The van der Waals surface area contributed by atoms with Crippen molar-refractivity contribution in [2.24, 2.45) is 0 Å². The molecule has 8 heteroatoms. The van der Waals surface area contributed by atoms with Crippen molar-refractivity contribution >= 4 is 10.0 Å². The minimum Gasteiger partial charge on any atom is -0.480 e. The predicted molar refractivity (Wildman–Crippen MR) is 77.9 cm³/mol. The molecule has 1 aromatic rings. The van der Waals surface area contributed by atoms with Gasteiger partial charge in [0.15, 0.2) is 0 Å². The second-order valence-corrected chi connectivity index (χ2v) is 7.72. The topological polar surface area (TPSA) is 81.6 Å². The maximum Gasteiger partial charge on any atom is 0.235 e. The highest BCUT2D eigenvalue weighted by Gasteiger charge is 2.32. The second-order valence-electron chi connectivity index (χ2n) is 5.23. The van der Waals surface area contributed by atoms with Gasteiger partial charge in [0.25, 0.3) is 0 Å². The van der Waals surface area contributed by atoms with Crippen LogP contribution in [0.2, 0.25) is 0 Å². The van der Waals surface area contributed by atoms with E-state index in [1.807, 2.05) is 0 Å². The fourth-order valence-corrected chi connectivity index (χ4v) is 3.54. The zero-order valence-corrected chi connectivity index (χ0v) is 13.3. The highest BCUT2D eigenvalue weighted by Crippen LogP contribution is 2.21. The van der Waals surface area contributed by atoms with E-state index in [4.69, 9.17) is 9.47 Å². The van der Waals surface area contributed by atoms with Gasteiger partial charge in [0.2, 0.25) is 21.8 Å². The van der Waals surface area contributed by atoms with E-state index in [1.54, 1.807) is 13.8 Å². The minimum atomic E-state index is -3.25. The molecule has 0 spiro atoms. The summed E-state index contributed by atoms with van der Waals surface area (Å²) in [5.41, 5.74) is 0. The standard InChI is InChI=1S/C13H21N3O4S/c1-10(2)21(17,18)16-6-4-5-11(9-16)20-13-8-14-7-12(15-13)19-3/h7-8,10-11H,4-6,9H2,1-3H3. The number of methoxy groups -OCH3 is 1. The van der Waals surface area contributed by atoms with Gasteiger partial charge in [-0.1, -0.05) is 0 Å². The second kappa shape index (κ2) is 6.57. The molecule has 1 atom stereocenters. The highest BCUT2D eigenvalue weighted by molar-refractivity contribution is 7.89. The van der Waals surface area contributed by atoms with Crippen LogP contribution in [-0.2, 0) is 10.0 Å². The first-order chi connectivity index (χ1) is 9.93. The molecule has 2 heterocycles. The number of hydrogen-bond acceptors (Lipinski definition) is 6. The van der Waals surface area contributed by atoms with Crippen molar-refractivity contribution in [1.82, 2.24) is 14.3 Å². The van der Waals surface area contributed by atoms with Crippen LogP contribution in [0, 0.1) is 0 Å². The molecule has 1 aliphatic heterocycles. The molecule has 0 aliphatic carbocycles. The van der Waals surface area contributed by atoms with Crippen molar-refractivity contribution in [2.75, 3.05) is 20.2 Å². The summed E-state index contributed by atoms with van der Waals surface area (Å²) < 4.78 is 36.6. The number of nitrogens with zero attached hydrogens (tertiary/aromatic N) is 3. The Morgan fingerprint density at radius 2 is 2.05 bits per heavy atom. The van der Waals surface area contributed by atoms with E-state index in [9.17, 15) is 8.42 Å². The SMILES string of the molecule is COc1cncc(OC2CCCN(S(=O)(=O)C(C)C)C2)n1. The fraction of sp³-hybridized carbons (Fsp3) is 0.692. The molecule has 1 aliphatic rings. The molecule has 0 saturated carbocycles. The third-order valence-electron chi connectivity index (χ3n) is 3.38. The average Bonchev–Trinajstić information content (AvgIpc) is 2.47. The molecule has 1 saturated heterocycles. The summed E-state index contributed by atoms with van der Waals surface area (Å²) in [5, 5.41) is -0.423. The molecule has 2 rings (SSSR count). The molecule has 0 radical (unpaired) electrons. The van der Waals surface area contributed by atoms with Gasteiger partial charge < -0.3 is 9.47 Å². The van der Waals surface area contributed by atoms with Gasteiger partial charge in [-0.2, -0.15) is 9.29 Å². The molecule has 1 unspecified atom stereocenters. The Balaban J connectivity index is 2.04. The Kier molecular flexibility index (Phi) is 5.00. The Hall–Kier alpha value is -1.41. The van der Waals surface area contributed by atoms with E-state index in [2.05, 4.69) is 9.97 Å². The Morgan fingerprint density at radius 3 is 2.71 bits per heavy atom. The molecule has 7 nitrogen and oxygen atoms in total. The average molecular weight is 315 g/mol. The van der Waals surface area contributed by atoms with Crippen molar-refractivity contribution in [3.05, 3.63) is 12.4 Å². The van der Waals surface area contributed by atoms with Crippen LogP contribution >= 0.6 is 0 Å². The largest absolute Gasteiger partial charge is 0.480 e. The molecule has 118 valence electrons. The van der Waals surface area contributed by atoms with Crippen LogP contribution in [0.5, 0.6) is 11.8 Å². The van der Waals surface area contributed by atoms with Gasteiger partial charge >= 0.3 is 0 Å². The van der Waals surface area contributed by atoms with E-state index in [0.29, 0.717) is 24.8 Å². The maximum absolute atomic E-state index is 12.2.